The third-order valence-corrected chi connectivity index (χ3v) is 3.06. The van der Waals surface area contributed by atoms with Crippen molar-refractivity contribution in [3.63, 3.8) is 0 Å². The van der Waals surface area contributed by atoms with Crippen molar-refractivity contribution in [2.24, 2.45) is 0 Å². The molecular weight excluding hydrogens is 219 g/mol. The second kappa shape index (κ2) is 5.96. The average Bonchev–Trinajstić information content (AvgIpc) is 2.16. The molecule has 1 saturated heterocycles. The highest BCUT2D eigenvalue weighted by atomic mass is 35.5. The van der Waals surface area contributed by atoms with Crippen molar-refractivity contribution < 1.29 is 0 Å². The quantitative estimate of drug-likeness (QED) is 0.810. The van der Waals surface area contributed by atoms with Gasteiger partial charge in [-0.05, 0) is 19.4 Å². The van der Waals surface area contributed by atoms with Gasteiger partial charge in [-0.1, -0.05) is 30.1 Å². The SMILES string of the molecule is CCC1CN(CC=C(Cl)Cl)C(C)CN1. The molecule has 82 valence electrons. The molecule has 0 aromatic carbocycles. The van der Waals surface area contributed by atoms with E-state index < -0.39 is 0 Å². The molecule has 1 aliphatic rings. The number of nitrogens with zero attached hydrogens (tertiary/aromatic N) is 1. The van der Waals surface area contributed by atoms with Crippen molar-refractivity contribution in [3.8, 4) is 0 Å². The highest BCUT2D eigenvalue weighted by molar-refractivity contribution is 6.55. The van der Waals surface area contributed by atoms with Crippen LogP contribution in [0, 0.1) is 0 Å². The van der Waals surface area contributed by atoms with Crippen LogP contribution in [0.15, 0.2) is 10.6 Å². The van der Waals surface area contributed by atoms with Gasteiger partial charge in [-0.25, -0.2) is 0 Å². The number of hydrogen-bond acceptors (Lipinski definition) is 2. The van der Waals surface area contributed by atoms with Gasteiger partial charge in [-0.3, -0.25) is 4.90 Å². The van der Waals surface area contributed by atoms with E-state index in [0.29, 0.717) is 16.6 Å². The second-order valence-corrected chi connectivity index (χ2v) is 4.82. The first kappa shape index (κ1) is 12.3. The summed E-state index contributed by atoms with van der Waals surface area (Å²) in [5.41, 5.74) is 0. The molecule has 4 heteroatoms. The smallest absolute Gasteiger partial charge is 0.104 e. The molecular formula is C10H18Cl2N2. The fraction of sp³-hybridized carbons (Fsp3) is 0.800. The lowest BCUT2D eigenvalue weighted by molar-refractivity contribution is 0.154. The number of halogens is 2. The number of piperazine rings is 1. The topological polar surface area (TPSA) is 15.3 Å². The largest absolute Gasteiger partial charge is 0.311 e. The van der Waals surface area contributed by atoms with E-state index in [2.05, 4.69) is 24.1 Å². The standard InChI is InChI=1S/C10H18Cl2N2/c1-3-9-7-14(5-4-10(11)12)8(2)6-13-9/h4,8-9,13H,3,5-7H2,1-2H3. The molecule has 0 aromatic rings. The molecule has 1 heterocycles. The first-order valence-corrected chi connectivity index (χ1v) is 5.87. The van der Waals surface area contributed by atoms with Gasteiger partial charge in [0.05, 0.1) is 0 Å². The van der Waals surface area contributed by atoms with Crippen LogP contribution in [0.1, 0.15) is 20.3 Å². The van der Waals surface area contributed by atoms with Crippen molar-refractivity contribution in [1.29, 1.82) is 0 Å². The van der Waals surface area contributed by atoms with Gasteiger partial charge in [0.25, 0.3) is 0 Å². The Morgan fingerprint density at radius 2 is 2.29 bits per heavy atom. The Balaban J connectivity index is 2.44. The molecule has 2 nitrogen and oxygen atoms in total. The fourth-order valence-corrected chi connectivity index (χ4v) is 1.85. The molecule has 2 atom stereocenters. The molecule has 1 aliphatic heterocycles. The summed E-state index contributed by atoms with van der Waals surface area (Å²) >= 11 is 11.2. The van der Waals surface area contributed by atoms with Gasteiger partial charge in [0, 0.05) is 31.7 Å². The molecule has 0 saturated carbocycles. The van der Waals surface area contributed by atoms with Crippen molar-refractivity contribution in [2.75, 3.05) is 19.6 Å². The highest BCUT2D eigenvalue weighted by Crippen LogP contribution is 2.11. The summed E-state index contributed by atoms with van der Waals surface area (Å²) in [4.78, 5) is 2.40. The fourth-order valence-electron chi connectivity index (χ4n) is 1.71. The first-order chi connectivity index (χ1) is 6.63. The molecule has 0 spiro atoms. The second-order valence-electron chi connectivity index (χ2n) is 3.81. The zero-order valence-corrected chi connectivity index (χ0v) is 10.3. The molecule has 14 heavy (non-hydrogen) atoms. The summed E-state index contributed by atoms with van der Waals surface area (Å²) in [6.45, 7) is 7.40. The van der Waals surface area contributed by atoms with Gasteiger partial charge >= 0.3 is 0 Å². The lowest BCUT2D eigenvalue weighted by Crippen LogP contribution is -2.55. The van der Waals surface area contributed by atoms with Gasteiger partial charge in [0.1, 0.15) is 4.49 Å². The Hall–Kier alpha value is 0.240. The Kier molecular flexibility index (Phi) is 5.24. The first-order valence-electron chi connectivity index (χ1n) is 5.12. The van der Waals surface area contributed by atoms with Crippen LogP contribution in [0.4, 0.5) is 0 Å². The third-order valence-electron chi connectivity index (χ3n) is 2.75. The summed E-state index contributed by atoms with van der Waals surface area (Å²) in [7, 11) is 0. The maximum absolute atomic E-state index is 5.60. The molecule has 0 aromatic heterocycles. The predicted molar refractivity (Wildman–Crippen MR) is 62.9 cm³/mol. The molecule has 1 N–H and O–H groups in total. The zero-order chi connectivity index (χ0) is 10.6. The monoisotopic (exact) mass is 236 g/mol. The number of rotatable bonds is 3. The Morgan fingerprint density at radius 1 is 1.57 bits per heavy atom. The summed E-state index contributed by atoms with van der Waals surface area (Å²) in [5, 5.41) is 3.51. The molecule has 1 fully saturated rings. The van der Waals surface area contributed by atoms with E-state index >= 15 is 0 Å². The maximum atomic E-state index is 5.60. The molecule has 0 amide bonds. The van der Waals surface area contributed by atoms with Crippen LogP contribution in [0.2, 0.25) is 0 Å². The van der Waals surface area contributed by atoms with Crippen LogP contribution in [0.3, 0.4) is 0 Å². The summed E-state index contributed by atoms with van der Waals surface area (Å²) in [6.07, 6.45) is 3.03. The minimum absolute atomic E-state index is 0.365. The lowest BCUT2D eigenvalue weighted by atomic mass is 10.1. The Labute approximate surface area is 96.2 Å². The molecule has 1 rings (SSSR count). The van der Waals surface area contributed by atoms with Gasteiger partial charge in [-0.15, -0.1) is 0 Å². The van der Waals surface area contributed by atoms with Crippen molar-refractivity contribution in [1.82, 2.24) is 10.2 Å². The minimum Gasteiger partial charge on any atom is -0.311 e. The van der Waals surface area contributed by atoms with Crippen molar-refractivity contribution >= 4 is 23.2 Å². The summed E-state index contributed by atoms with van der Waals surface area (Å²) < 4.78 is 0.365. The summed E-state index contributed by atoms with van der Waals surface area (Å²) in [5.74, 6) is 0. The van der Waals surface area contributed by atoms with E-state index in [1.807, 2.05) is 6.08 Å². The lowest BCUT2D eigenvalue weighted by Gasteiger charge is -2.37. The summed E-state index contributed by atoms with van der Waals surface area (Å²) in [6, 6.07) is 1.16. The molecule has 2 unspecified atom stereocenters. The third kappa shape index (κ3) is 3.77. The minimum atomic E-state index is 0.365. The van der Waals surface area contributed by atoms with Crippen LogP contribution in [0.5, 0.6) is 0 Å². The number of hydrogen-bond donors (Lipinski definition) is 1. The van der Waals surface area contributed by atoms with Crippen molar-refractivity contribution in [3.05, 3.63) is 10.6 Å². The van der Waals surface area contributed by atoms with Gasteiger partial charge in [0.15, 0.2) is 0 Å². The average molecular weight is 237 g/mol. The Bertz CT molecular complexity index is 202. The van der Waals surface area contributed by atoms with Gasteiger partial charge < -0.3 is 5.32 Å². The van der Waals surface area contributed by atoms with Crippen LogP contribution in [-0.2, 0) is 0 Å². The van der Waals surface area contributed by atoms with E-state index in [4.69, 9.17) is 23.2 Å². The maximum Gasteiger partial charge on any atom is 0.104 e. The van der Waals surface area contributed by atoms with E-state index in [0.717, 1.165) is 19.6 Å². The zero-order valence-electron chi connectivity index (χ0n) is 8.76. The van der Waals surface area contributed by atoms with Crippen LogP contribution >= 0.6 is 23.2 Å². The van der Waals surface area contributed by atoms with Crippen LogP contribution in [0.25, 0.3) is 0 Å². The molecule has 0 bridgehead atoms. The van der Waals surface area contributed by atoms with E-state index in [-0.39, 0.29) is 0 Å². The highest BCUT2D eigenvalue weighted by Gasteiger charge is 2.22. The van der Waals surface area contributed by atoms with E-state index in [9.17, 15) is 0 Å². The Morgan fingerprint density at radius 3 is 2.86 bits per heavy atom. The molecule has 0 aliphatic carbocycles. The predicted octanol–water partition coefficient (Wildman–Crippen LogP) is 2.38. The van der Waals surface area contributed by atoms with E-state index in [1.165, 1.54) is 6.42 Å². The number of nitrogens with one attached hydrogen (secondary N) is 1. The normalized spacial score (nSPS) is 28.9. The molecule has 0 radical (unpaired) electrons. The van der Waals surface area contributed by atoms with Gasteiger partial charge in [0.2, 0.25) is 0 Å². The van der Waals surface area contributed by atoms with Gasteiger partial charge in [-0.2, -0.15) is 0 Å². The van der Waals surface area contributed by atoms with E-state index in [1.54, 1.807) is 0 Å². The van der Waals surface area contributed by atoms with Crippen LogP contribution < -0.4 is 5.32 Å². The van der Waals surface area contributed by atoms with Crippen molar-refractivity contribution in [2.45, 2.75) is 32.4 Å². The van der Waals surface area contributed by atoms with Crippen LogP contribution in [-0.4, -0.2) is 36.6 Å².